The standard InChI is InChI=1S/C9H10N4/c1-7-5-13(6-7)9-3-2-8(4-10)11-12-9/h2-3,7H,5-6H2,1H3. The summed E-state index contributed by atoms with van der Waals surface area (Å²) in [5, 5.41) is 16.2. The van der Waals surface area contributed by atoms with E-state index in [1.54, 1.807) is 6.07 Å². The third-order valence-electron chi connectivity index (χ3n) is 2.15. The summed E-state index contributed by atoms with van der Waals surface area (Å²) in [5.74, 6) is 1.62. The van der Waals surface area contributed by atoms with Gasteiger partial charge in [-0.1, -0.05) is 6.92 Å². The highest BCUT2D eigenvalue weighted by molar-refractivity contribution is 5.41. The highest BCUT2D eigenvalue weighted by Crippen LogP contribution is 2.20. The Hall–Kier alpha value is -1.63. The van der Waals surface area contributed by atoms with E-state index in [0.29, 0.717) is 5.69 Å². The number of rotatable bonds is 1. The third-order valence-corrected chi connectivity index (χ3v) is 2.15. The number of nitriles is 1. The van der Waals surface area contributed by atoms with Gasteiger partial charge in [0.15, 0.2) is 11.5 Å². The molecule has 4 heteroatoms. The van der Waals surface area contributed by atoms with Crippen LogP contribution in [0.1, 0.15) is 12.6 Å². The van der Waals surface area contributed by atoms with Crippen molar-refractivity contribution in [1.29, 1.82) is 5.26 Å². The molecule has 4 nitrogen and oxygen atoms in total. The number of anilines is 1. The summed E-state index contributed by atoms with van der Waals surface area (Å²) in [6, 6.07) is 5.49. The second kappa shape index (κ2) is 3.02. The van der Waals surface area contributed by atoms with Crippen LogP contribution >= 0.6 is 0 Å². The van der Waals surface area contributed by atoms with Crippen molar-refractivity contribution in [3.63, 3.8) is 0 Å². The molecule has 1 fully saturated rings. The predicted octanol–water partition coefficient (Wildman–Crippen LogP) is 0.804. The molecule has 66 valence electrons. The smallest absolute Gasteiger partial charge is 0.163 e. The molecular weight excluding hydrogens is 164 g/mol. The Balaban J connectivity index is 2.11. The molecule has 1 aromatic heterocycles. The molecule has 1 saturated heterocycles. The van der Waals surface area contributed by atoms with Crippen LogP contribution in [0.3, 0.4) is 0 Å². The van der Waals surface area contributed by atoms with E-state index in [0.717, 1.165) is 24.8 Å². The molecule has 0 radical (unpaired) electrons. The summed E-state index contributed by atoms with van der Waals surface area (Å²) in [5.41, 5.74) is 0.373. The van der Waals surface area contributed by atoms with Gasteiger partial charge in [0.05, 0.1) is 0 Å². The van der Waals surface area contributed by atoms with Gasteiger partial charge in [-0.15, -0.1) is 10.2 Å². The van der Waals surface area contributed by atoms with Gasteiger partial charge in [0.1, 0.15) is 6.07 Å². The Morgan fingerprint density at radius 1 is 1.46 bits per heavy atom. The molecule has 0 saturated carbocycles. The number of hydrogen-bond donors (Lipinski definition) is 0. The molecule has 1 aliphatic heterocycles. The highest BCUT2D eigenvalue weighted by atomic mass is 15.3. The summed E-state index contributed by atoms with van der Waals surface area (Å²) in [6.45, 7) is 4.29. The van der Waals surface area contributed by atoms with Crippen molar-refractivity contribution in [1.82, 2.24) is 10.2 Å². The second-order valence-corrected chi connectivity index (χ2v) is 3.40. The molecule has 0 N–H and O–H groups in total. The van der Waals surface area contributed by atoms with Gasteiger partial charge >= 0.3 is 0 Å². The first-order valence-electron chi connectivity index (χ1n) is 4.28. The fourth-order valence-electron chi connectivity index (χ4n) is 1.44. The largest absolute Gasteiger partial charge is 0.354 e. The SMILES string of the molecule is CC1CN(c2ccc(C#N)nn2)C1. The van der Waals surface area contributed by atoms with Crippen molar-refractivity contribution in [3.8, 4) is 6.07 Å². The van der Waals surface area contributed by atoms with Gasteiger partial charge in [0, 0.05) is 13.1 Å². The lowest BCUT2D eigenvalue weighted by atomic mass is 10.0. The average Bonchev–Trinajstić information content (AvgIpc) is 2.13. The van der Waals surface area contributed by atoms with Crippen LogP contribution in [0.2, 0.25) is 0 Å². The predicted molar refractivity (Wildman–Crippen MR) is 48.1 cm³/mol. The monoisotopic (exact) mass is 174 g/mol. The van der Waals surface area contributed by atoms with Crippen LogP contribution in [-0.4, -0.2) is 23.3 Å². The first-order valence-corrected chi connectivity index (χ1v) is 4.28. The minimum atomic E-state index is 0.373. The van der Waals surface area contributed by atoms with Crippen molar-refractivity contribution in [2.75, 3.05) is 18.0 Å². The van der Waals surface area contributed by atoms with Crippen molar-refractivity contribution < 1.29 is 0 Å². The Morgan fingerprint density at radius 2 is 2.23 bits per heavy atom. The number of hydrogen-bond acceptors (Lipinski definition) is 4. The molecule has 0 spiro atoms. The number of nitrogens with zero attached hydrogens (tertiary/aromatic N) is 4. The maximum absolute atomic E-state index is 8.51. The minimum Gasteiger partial charge on any atom is -0.354 e. The van der Waals surface area contributed by atoms with Crippen molar-refractivity contribution in [2.45, 2.75) is 6.92 Å². The van der Waals surface area contributed by atoms with Crippen LogP contribution in [-0.2, 0) is 0 Å². The topological polar surface area (TPSA) is 52.8 Å². The van der Waals surface area contributed by atoms with Crippen molar-refractivity contribution in [3.05, 3.63) is 17.8 Å². The molecule has 2 rings (SSSR count). The second-order valence-electron chi connectivity index (χ2n) is 3.40. The van der Waals surface area contributed by atoms with Crippen LogP contribution in [0.15, 0.2) is 12.1 Å². The van der Waals surface area contributed by atoms with Crippen LogP contribution in [0.25, 0.3) is 0 Å². The van der Waals surface area contributed by atoms with Crippen molar-refractivity contribution >= 4 is 5.82 Å². The highest BCUT2D eigenvalue weighted by Gasteiger charge is 2.23. The zero-order valence-electron chi connectivity index (χ0n) is 7.44. The molecule has 0 unspecified atom stereocenters. The maximum atomic E-state index is 8.51. The first kappa shape index (κ1) is 7.99. The van der Waals surface area contributed by atoms with E-state index < -0.39 is 0 Å². The van der Waals surface area contributed by atoms with Gasteiger partial charge in [0.2, 0.25) is 0 Å². The molecule has 1 aromatic rings. The molecule has 1 aliphatic rings. The minimum absolute atomic E-state index is 0.373. The fraction of sp³-hybridized carbons (Fsp3) is 0.444. The van der Waals surface area contributed by atoms with Gasteiger partial charge in [0.25, 0.3) is 0 Å². The number of aromatic nitrogens is 2. The molecule has 0 aliphatic carbocycles. The Bertz CT molecular complexity index is 332. The summed E-state index contributed by atoms with van der Waals surface area (Å²) >= 11 is 0. The van der Waals surface area contributed by atoms with E-state index in [1.165, 1.54) is 0 Å². The first-order chi connectivity index (χ1) is 6.29. The molecule has 0 atom stereocenters. The third kappa shape index (κ3) is 1.45. The Labute approximate surface area is 76.8 Å². The van der Waals surface area contributed by atoms with Crippen LogP contribution in [0.4, 0.5) is 5.82 Å². The molecular formula is C9H10N4. The van der Waals surface area contributed by atoms with Crippen LogP contribution in [0, 0.1) is 17.2 Å². The molecule has 2 heterocycles. The Morgan fingerprint density at radius 3 is 2.69 bits per heavy atom. The quantitative estimate of drug-likeness (QED) is 0.632. The van der Waals surface area contributed by atoms with Gasteiger partial charge < -0.3 is 4.90 Å². The maximum Gasteiger partial charge on any atom is 0.163 e. The summed E-state index contributed by atoms with van der Waals surface area (Å²) in [4.78, 5) is 2.15. The van der Waals surface area contributed by atoms with E-state index in [-0.39, 0.29) is 0 Å². The van der Waals surface area contributed by atoms with Gasteiger partial charge in [-0.2, -0.15) is 5.26 Å². The zero-order valence-corrected chi connectivity index (χ0v) is 7.44. The van der Waals surface area contributed by atoms with Crippen molar-refractivity contribution in [2.24, 2.45) is 5.92 Å². The summed E-state index contributed by atoms with van der Waals surface area (Å²) in [7, 11) is 0. The Kier molecular flexibility index (Phi) is 1.85. The lowest BCUT2D eigenvalue weighted by Gasteiger charge is -2.37. The summed E-state index contributed by atoms with van der Waals surface area (Å²) < 4.78 is 0. The normalized spacial score (nSPS) is 16.5. The van der Waals surface area contributed by atoms with Crippen LogP contribution in [0.5, 0.6) is 0 Å². The lowest BCUT2D eigenvalue weighted by Crippen LogP contribution is -2.45. The van der Waals surface area contributed by atoms with E-state index >= 15 is 0 Å². The zero-order chi connectivity index (χ0) is 9.26. The van der Waals surface area contributed by atoms with E-state index in [9.17, 15) is 0 Å². The molecule has 0 amide bonds. The molecule has 0 aromatic carbocycles. The van der Waals surface area contributed by atoms with E-state index in [1.807, 2.05) is 12.1 Å². The van der Waals surface area contributed by atoms with E-state index in [2.05, 4.69) is 22.0 Å². The van der Waals surface area contributed by atoms with Crippen LogP contribution < -0.4 is 4.90 Å². The summed E-state index contributed by atoms with van der Waals surface area (Å²) in [6.07, 6.45) is 0. The molecule has 0 bridgehead atoms. The average molecular weight is 174 g/mol. The fourth-order valence-corrected chi connectivity index (χ4v) is 1.44. The van der Waals surface area contributed by atoms with E-state index in [4.69, 9.17) is 5.26 Å². The van der Waals surface area contributed by atoms with Gasteiger partial charge in [-0.25, -0.2) is 0 Å². The lowest BCUT2D eigenvalue weighted by molar-refractivity contribution is 0.442. The molecule has 13 heavy (non-hydrogen) atoms. The van der Waals surface area contributed by atoms with Gasteiger partial charge in [-0.05, 0) is 18.1 Å². The van der Waals surface area contributed by atoms with Gasteiger partial charge in [-0.3, -0.25) is 0 Å².